The minimum absolute atomic E-state index is 0.0938. The zero-order chi connectivity index (χ0) is 16.8. The van der Waals surface area contributed by atoms with Crippen LogP contribution in [0.1, 0.15) is 21.5 Å². The lowest BCUT2D eigenvalue weighted by molar-refractivity contribution is 0.0747. The van der Waals surface area contributed by atoms with E-state index in [1.54, 1.807) is 36.4 Å². The molecule has 0 saturated heterocycles. The van der Waals surface area contributed by atoms with Gasteiger partial charge in [0.2, 0.25) is 0 Å². The van der Waals surface area contributed by atoms with E-state index in [2.05, 4.69) is 4.98 Å². The summed E-state index contributed by atoms with van der Waals surface area (Å²) in [6, 6.07) is 8.97. The summed E-state index contributed by atoms with van der Waals surface area (Å²) in [6.07, 6.45) is 1.66. The van der Waals surface area contributed by atoms with Crippen molar-refractivity contribution in [3.63, 3.8) is 0 Å². The largest absolute Gasteiger partial charge is 0.496 e. The van der Waals surface area contributed by atoms with E-state index in [1.807, 2.05) is 19.1 Å². The highest BCUT2D eigenvalue weighted by atomic mass is 35.5. The van der Waals surface area contributed by atoms with Crippen LogP contribution in [0.25, 0.3) is 0 Å². The third-order valence-corrected chi connectivity index (χ3v) is 3.73. The van der Waals surface area contributed by atoms with Gasteiger partial charge in [-0.15, -0.1) is 0 Å². The number of rotatable bonds is 6. The van der Waals surface area contributed by atoms with Gasteiger partial charge < -0.3 is 15.4 Å². The van der Waals surface area contributed by atoms with E-state index >= 15 is 0 Å². The highest BCUT2D eigenvalue weighted by Crippen LogP contribution is 2.20. The quantitative estimate of drug-likeness (QED) is 0.825. The maximum absolute atomic E-state index is 12.8. The number of methoxy groups -OCH3 is 1. The Morgan fingerprint density at radius 2 is 2.13 bits per heavy atom. The number of nitrogens with two attached hydrogens (primary N) is 1. The molecule has 2 rings (SSSR count). The summed E-state index contributed by atoms with van der Waals surface area (Å²) in [4.78, 5) is 18.5. The normalized spacial score (nSPS) is 10.4. The third kappa shape index (κ3) is 4.43. The second-order valence-electron chi connectivity index (χ2n) is 5.19. The van der Waals surface area contributed by atoms with Gasteiger partial charge in [0, 0.05) is 31.4 Å². The highest BCUT2D eigenvalue weighted by molar-refractivity contribution is 6.29. The molecule has 0 fully saturated rings. The number of halogens is 1. The molecule has 1 amide bonds. The van der Waals surface area contributed by atoms with Crippen LogP contribution in [0, 0.1) is 6.92 Å². The zero-order valence-electron chi connectivity index (χ0n) is 13.3. The Hall–Kier alpha value is -2.11. The lowest BCUT2D eigenvalue weighted by Gasteiger charge is -2.22. The Labute approximate surface area is 141 Å². The fourth-order valence-electron chi connectivity index (χ4n) is 2.26. The van der Waals surface area contributed by atoms with Crippen molar-refractivity contribution in [2.45, 2.75) is 13.5 Å². The van der Waals surface area contributed by atoms with E-state index in [-0.39, 0.29) is 5.91 Å². The molecule has 2 aromatic rings. The molecule has 0 aliphatic rings. The van der Waals surface area contributed by atoms with Gasteiger partial charge >= 0.3 is 0 Å². The SMILES string of the molecule is COc1cc(C(=O)N(CCN)Cc2ccc(Cl)nc2)ccc1C. The number of hydrogen-bond acceptors (Lipinski definition) is 4. The number of nitrogens with zero attached hydrogens (tertiary/aromatic N) is 2. The van der Waals surface area contributed by atoms with Crippen LogP contribution in [0.5, 0.6) is 5.75 Å². The van der Waals surface area contributed by atoms with E-state index in [0.29, 0.717) is 36.1 Å². The van der Waals surface area contributed by atoms with Crippen molar-refractivity contribution in [2.75, 3.05) is 20.2 Å². The maximum Gasteiger partial charge on any atom is 0.254 e. The topological polar surface area (TPSA) is 68.5 Å². The van der Waals surface area contributed by atoms with Crippen molar-refractivity contribution in [1.82, 2.24) is 9.88 Å². The summed E-state index contributed by atoms with van der Waals surface area (Å²) in [5, 5.41) is 0.425. The average molecular weight is 334 g/mol. The summed E-state index contributed by atoms with van der Waals surface area (Å²) in [6.45, 7) is 3.20. The van der Waals surface area contributed by atoms with Crippen LogP contribution in [0.2, 0.25) is 5.15 Å². The first-order valence-corrected chi connectivity index (χ1v) is 7.67. The number of aryl methyl sites for hydroxylation is 1. The van der Waals surface area contributed by atoms with Crippen LogP contribution >= 0.6 is 11.6 Å². The summed E-state index contributed by atoms with van der Waals surface area (Å²) in [5.74, 6) is 0.598. The number of carbonyl (C=O) groups is 1. The number of benzene rings is 1. The van der Waals surface area contributed by atoms with Gasteiger partial charge in [-0.25, -0.2) is 4.98 Å². The van der Waals surface area contributed by atoms with E-state index < -0.39 is 0 Å². The van der Waals surface area contributed by atoms with Crippen LogP contribution in [0.3, 0.4) is 0 Å². The number of aromatic nitrogens is 1. The summed E-state index contributed by atoms with van der Waals surface area (Å²) < 4.78 is 5.29. The number of carbonyl (C=O) groups excluding carboxylic acids is 1. The fourth-order valence-corrected chi connectivity index (χ4v) is 2.38. The number of amides is 1. The molecule has 2 N–H and O–H groups in total. The molecule has 5 nitrogen and oxygen atoms in total. The second kappa shape index (κ2) is 7.94. The standard InChI is InChI=1S/C17H20ClN3O2/c1-12-3-5-14(9-15(12)23-2)17(22)21(8-7-19)11-13-4-6-16(18)20-10-13/h3-6,9-10H,7-8,11,19H2,1-2H3. The first-order chi connectivity index (χ1) is 11.0. The van der Waals surface area contributed by atoms with Gasteiger partial charge in [0.25, 0.3) is 5.91 Å². The van der Waals surface area contributed by atoms with Gasteiger partial charge in [-0.05, 0) is 36.2 Å². The Kier molecular flexibility index (Phi) is 5.96. The van der Waals surface area contributed by atoms with Crippen LogP contribution in [-0.2, 0) is 6.54 Å². The monoisotopic (exact) mass is 333 g/mol. The minimum Gasteiger partial charge on any atom is -0.496 e. The predicted molar refractivity (Wildman–Crippen MR) is 90.8 cm³/mol. The second-order valence-corrected chi connectivity index (χ2v) is 5.58. The lowest BCUT2D eigenvalue weighted by atomic mass is 10.1. The van der Waals surface area contributed by atoms with Crippen molar-refractivity contribution in [3.05, 3.63) is 58.4 Å². The molecule has 1 aromatic carbocycles. The average Bonchev–Trinajstić information content (AvgIpc) is 2.56. The summed E-state index contributed by atoms with van der Waals surface area (Å²) in [5.41, 5.74) is 8.10. The Morgan fingerprint density at radius 3 is 2.74 bits per heavy atom. The van der Waals surface area contributed by atoms with Crippen molar-refractivity contribution in [3.8, 4) is 5.75 Å². The van der Waals surface area contributed by atoms with E-state index in [4.69, 9.17) is 22.1 Å². The number of hydrogen-bond donors (Lipinski definition) is 1. The maximum atomic E-state index is 12.8. The predicted octanol–water partition coefficient (Wildman–Crippen LogP) is 2.65. The molecule has 122 valence electrons. The van der Waals surface area contributed by atoms with Crippen LogP contribution < -0.4 is 10.5 Å². The minimum atomic E-state index is -0.0938. The Bertz CT molecular complexity index is 674. The Balaban J connectivity index is 2.22. The number of ether oxygens (including phenoxy) is 1. The fraction of sp³-hybridized carbons (Fsp3) is 0.294. The van der Waals surface area contributed by atoms with Crippen LogP contribution in [-0.4, -0.2) is 36.0 Å². The van der Waals surface area contributed by atoms with Gasteiger partial charge in [0.15, 0.2) is 0 Å². The van der Waals surface area contributed by atoms with Gasteiger partial charge in [0.05, 0.1) is 7.11 Å². The molecule has 0 aliphatic heterocycles. The molecule has 1 heterocycles. The van der Waals surface area contributed by atoms with Crippen molar-refractivity contribution in [1.29, 1.82) is 0 Å². The van der Waals surface area contributed by atoms with E-state index in [1.165, 1.54) is 0 Å². The van der Waals surface area contributed by atoms with Gasteiger partial charge in [0.1, 0.15) is 10.9 Å². The summed E-state index contributed by atoms with van der Waals surface area (Å²) >= 11 is 5.79. The number of pyridine rings is 1. The zero-order valence-corrected chi connectivity index (χ0v) is 14.0. The van der Waals surface area contributed by atoms with Crippen molar-refractivity contribution in [2.24, 2.45) is 5.73 Å². The molecule has 23 heavy (non-hydrogen) atoms. The molecule has 0 spiro atoms. The van der Waals surface area contributed by atoms with Crippen molar-refractivity contribution >= 4 is 17.5 Å². The third-order valence-electron chi connectivity index (χ3n) is 3.50. The van der Waals surface area contributed by atoms with Gasteiger partial charge in [-0.2, -0.15) is 0 Å². The van der Waals surface area contributed by atoms with Crippen LogP contribution in [0.15, 0.2) is 36.5 Å². The first kappa shape index (κ1) is 17.2. The van der Waals surface area contributed by atoms with E-state index in [9.17, 15) is 4.79 Å². The Morgan fingerprint density at radius 1 is 1.35 bits per heavy atom. The molecule has 0 aliphatic carbocycles. The molecule has 0 unspecified atom stereocenters. The molecular formula is C17H20ClN3O2. The molecular weight excluding hydrogens is 314 g/mol. The molecule has 0 atom stereocenters. The van der Waals surface area contributed by atoms with Gasteiger partial charge in [-0.1, -0.05) is 23.7 Å². The molecule has 1 aromatic heterocycles. The highest BCUT2D eigenvalue weighted by Gasteiger charge is 2.17. The first-order valence-electron chi connectivity index (χ1n) is 7.29. The molecule has 0 bridgehead atoms. The van der Waals surface area contributed by atoms with Crippen LogP contribution in [0.4, 0.5) is 0 Å². The molecule has 0 saturated carbocycles. The smallest absolute Gasteiger partial charge is 0.254 e. The molecule has 0 radical (unpaired) electrons. The van der Waals surface area contributed by atoms with E-state index in [0.717, 1.165) is 11.1 Å². The summed E-state index contributed by atoms with van der Waals surface area (Å²) in [7, 11) is 1.59. The lowest BCUT2D eigenvalue weighted by Crippen LogP contribution is -2.35. The molecule has 6 heteroatoms. The van der Waals surface area contributed by atoms with Crippen molar-refractivity contribution < 1.29 is 9.53 Å². The van der Waals surface area contributed by atoms with Gasteiger partial charge in [-0.3, -0.25) is 4.79 Å².